The van der Waals surface area contributed by atoms with Gasteiger partial charge in [-0.2, -0.15) is 0 Å². The average molecular weight is 225 g/mol. The van der Waals surface area contributed by atoms with E-state index in [9.17, 15) is 8.78 Å². The molecule has 0 spiro atoms. The molecule has 0 atom stereocenters. The maximum absolute atomic E-state index is 13.4. The fraction of sp³-hybridized carbons (Fsp3) is 0.538. The molecule has 0 aromatic heterocycles. The molecule has 1 aromatic carbocycles. The van der Waals surface area contributed by atoms with Crippen molar-refractivity contribution in [3.8, 4) is 0 Å². The fourth-order valence-electron chi connectivity index (χ4n) is 2.40. The molecule has 1 aliphatic rings. The summed E-state index contributed by atoms with van der Waals surface area (Å²) in [5.41, 5.74) is 6.31. The van der Waals surface area contributed by atoms with Crippen molar-refractivity contribution in [2.24, 2.45) is 11.7 Å². The van der Waals surface area contributed by atoms with Crippen molar-refractivity contribution >= 4 is 0 Å². The van der Waals surface area contributed by atoms with E-state index in [1.165, 1.54) is 12.1 Å². The first-order chi connectivity index (χ1) is 7.65. The lowest BCUT2D eigenvalue weighted by atomic mass is 9.82. The van der Waals surface area contributed by atoms with Crippen molar-refractivity contribution in [2.75, 3.05) is 0 Å². The maximum Gasteiger partial charge on any atom is 0.126 e. The third-order valence-electron chi connectivity index (χ3n) is 3.41. The van der Waals surface area contributed by atoms with Crippen LogP contribution < -0.4 is 5.73 Å². The minimum absolute atomic E-state index is 0.295. The highest BCUT2D eigenvalue weighted by molar-refractivity contribution is 5.19. The van der Waals surface area contributed by atoms with Gasteiger partial charge in [-0.05, 0) is 61.8 Å². The highest BCUT2D eigenvalue weighted by atomic mass is 19.1. The standard InChI is InChI=1S/C13H17F2N/c14-11-3-6-13(15)10(8-11)7-9-1-4-12(16)5-2-9/h3,6,8-9,12H,1-2,4-5,7,16H2. The number of hydrogen-bond acceptors (Lipinski definition) is 1. The Bertz CT molecular complexity index is 357. The molecule has 1 aromatic rings. The summed E-state index contributed by atoms with van der Waals surface area (Å²) in [4.78, 5) is 0. The zero-order chi connectivity index (χ0) is 11.5. The van der Waals surface area contributed by atoms with Crippen molar-refractivity contribution in [1.82, 2.24) is 0 Å². The van der Waals surface area contributed by atoms with Gasteiger partial charge in [0.05, 0.1) is 0 Å². The quantitative estimate of drug-likeness (QED) is 0.822. The average Bonchev–Trinajstić information content (AvgIpc) is 2.27. The normalized spacial score (nSPS) is 25.7. The molecule has 2 N–H and O–H groups in total. The van der Waals surface area contributed by atoms with Crippen molar-refractivity contribution in [2.45, 2.75) is 38.1 Å². The summed E-state index contributed by atoms with van der Waals surface area (Å²) in [6.45, 7) is 0. The van der Waals surface area contributed by atoms with Gasteiger partial charge in [-0.3, -0.25) is 0 Å². The first-order valence-electron chi connectivity index (χ1n) is 5.84. The zero-order valence-electron chi connectivity index (χ0n) is 9.26. The van der Waals surface area contributed by atoms with Gasteiger partial charge in [-0.25, -0.2) is 8.78 Å². The van der Waals surface area contributed by atoms with Crippen LogP contribution in [0.5, 0.6) is 0 Å². The number of benzene rings is 1. The number of hydrogen-bond donors (Lipinski definition) is 1. The van der Waals surface area contributed by atoms with E-state index in [0.29, 0.717) is 23.9 Å². The van der Waals surface area contributed by atoms with Crippen LogP contribution >= 0.6 is 0 Å². The molecular formula is C13H17F2N. The largest absolute Gasteiger partial charge is 0.328 e. The first kappa shape index (κ1) is 11.5. The molecule has 1 saturated carbocycles. The Labute approximate surface area is 94.7 Å². The molecule has 0 unspecified atom stereocenters. The van der Waals surface area contributed by atoms with Crippen LogP contribution in [-0.2, 0) is 6.42 Å². The van der Waals surface area contributed by atoms with Crippen LogP contribution in [0.15, 0.2) is 18.2 Å². The summed E-state index contributed by atoms with van der Waals surface area (Å²) in [6, 6.07) is 3.98. The molecule has 0 heterocycles. The molecule has 2 rings (SSSR count). The van der Waals surface area contributed by atoms with Gasteiger partial charge < -0.3 is 5.73 Å². The minimum atomic E-state index is -0.357. The predicted molar refractivity (Wildman–Crippen MR) is 60.0 cm³/mol. The first-order valence-corrected chi connectivity index (χ1v) is 5.84. The molecule has 16 heavy (non-hydrogen) atoms. The lowest BCUT2D eigenvalue weighted by molar-refractivity contribution is 0.322. The molecular weight excluding hydrogens is 208 g/mol. The van der Waals surface area contributed by atoms with Crippen LogP contribution in [0.4, 0.5) is 8.78 Å². The maximum atomic E-state index is 13.4. The Morgan fingerprint density at radius 2 is 1.81 bits per heavy atom. The predicted octanol–water partition coefficient (Wildman–Crippen LogP) is 3.02. The summed E-state index contributed by atoms with van der Waals surface area (Å²) >= 11 is 0. The van der Waals surface area contributed by atoms with Crippen LogP contribution in [0, 0.1) is 17.6 Å². The molecule has 1 fully saturated rings. The van der Waals surface area contributed by atoms with Crippen molar-refractivity contribution < 1.29 is 8.78 Å². The van der Waals surface area contributed by atoms with Crippen LogP contribution in [0.2, 0.25) is 0 Å². The Morgan fingerprint density at radius 3 is 2.50 bits per heavy atom. The zero-order valence-corrected chi connectivity index (χ0v) is 9.26. The number of nitrogens with two attached hydrogens (primary N) is 1. The van der Waals surface area contributed by atoms with Gasteiger partial charge in [-0.15, -0.1) is 0 Å². The van der Waals surface area contributed by atoms with E-state index in [1.54, 1.807) is 0 Å². The second kappa shape index (κ2) is 4.91. The topological polar surface area (TPSA) is 26.0 Å². The van der Waals surface area contributed by atoms with Crippen molar-refractivity contribution in [3.05, 3.63) is 35.4 Å². The van der Waals surface area contributed by atoms with Gasteiger partial charge in [0, 0.05) is 6.04 Å². The number of halogens is 2. The van der Waals surface area contributed by atoms with Gasteiger partial charge in [-0.1, -0.05) is 0 Å². The lowest BCUT2D eigenvalue weighted by Gasteiger charge is -2.26. The molecule has 0 bridgehead atoms. The molecule has 0 amide bonds. The van der Waals surface area contributed by atoms with Gasteiger partial charge in [0.25, 0.3) is 0 Å². The Balaban J connectivity index is 2.00. The van der Waals surface area contributed by atoms with Gasteiger partial charge in [0.2, 0.25) is 0 Å². The Hall–Kier alpha value is -0.960. The van der Waals surface area contributed by atoms with Crippen LogP contribution in [0.1, 0.15) is 31.2 Å². The Morgan fingerprint density at radius 1 is 1.12 bits per heavy atom. The van der Waals surface area contributed by atoms with E-state index in [0.717, 1.165) is 31.7 Å². The minimum Gasteiger partial charge on any atom is -0.328 e. The molecule has 0 aliphatic heterocycles. The highest BCUT2D eigenvalue weighted by Crippen LogP contribution is 2.27. The van der Waals surface area contributed by atoms with Gasteiger partial charge in [0.1, 0.15) is 11.6 Å². The molecule has 0 radical (unpaired) electrons. The summed E-state index contributed by atoms with van der Waals surface area (Å²) in [6.07, 6.45) is 4.69. The van der Waals surface area contributed by atoms with E-state index >= 15 is 0 Å². The van der Waals surface area contributed by atoms with E-state index in [-0.39, 0.29) is 11.6 Å². The van der Waals surface area contributed by atoms with Crippen LogP contribution in [0.25, 0.3) is 0 Å². The summed E-state index contributed by atoms with van der Waals surface area (Å²) in [5.74, 6) is -0.198. The third-order valence-corrected chi connectivity index (χ3v) is 3.41. The second-order valence-electron chi connectivity index (χ2n) is 4.72. The van der Waals surface area contributed by atoms with Crippen molar-refractivity contribution in [1.29, 1.82) is 0 Å². The Kier molecular flexibility index (Phi) is 3.54. The lowest BCUT2D eigenvalue weighted by Crippen LogP contribution is -2.27. The molecule has 1 nitrogen and oxygen atoms in total. The fourth-order valence-corrected chi connectivity index (χ4v) is 2.40. The monoisotopic (exact) mass is 225 g/mol. The molecule has 88 valence electrons. The smallest absolute Gasteiger partial charge is 0.126 e. The molecule has 0 saturated heterocycles. The van der Waals surface area contributed by atoms with Gasteiger partial charge >= 0.3 is 0 Å². The molecule has 1 aliphatic carbocycles. The SMILES string of the molecule is NC1CCC(Cc2cc(F)ccc2F)CC1. The summed E-state index contributed by atoms with van der Waals surface area (Å²) in [7, 11) is 0. The van der Waals surface area contributed by atoms with E-state index < -0.39 is 0 Å². The third kappa shape index (κ3) is 2.79. The van der Waals surface area contributed by atoms with E-state index in [4.69, 9.17) is 5.73 Å². The van der Waals surface area contributed by atoms with Crippen LogP contribution in [-0.4, -0.2) is 6.04 Å². The van der Waals surface area contributed by atoms with Crippen LogP contribution in [0.3, 0.4) is 0 Å². The van der Waals surface area contributed by atoms with Gasteiger partial charge in [0.15, 0.2) is 0 Å². The van der Waals surface area contributed by atoms with E-state index in [1.807, 2.05) is 0 Å². The summed E-state index contributed by atoms with van der Waals surface area (Å²) in [5, 5.41) is 0. The number of rotatable bonds is 2. The van der Waals surface area contributed by atoms with E-state index in [2.05, 4.69) is 0 Å². The highest BCUT2D eigenvalue weighted by Gasteiger charge is 2.20. The summed E-state index contributed by atoms with van der Waals surface area (Å²) < 4.78 is 26.4. The van der Waals surface area contributed by atoms with Crippen molar-refractivity contribution in [3.63, 3.8) is 0 Å². The molecule has 3 heteroatoms. The second-order valence-corrected chi connectivity index (χ2v) is 4.72.